The van der Waals surface area contributed by atoms with Gasteiger partial charge in [-0.15, -0.1) is 0 Å². The van der Waals surface area contributed by atoms with Gasteiger partial charge in [0, 0.05) is 95.0 Å². The first-order chi connectivity index (χ1) is 61.2. The number of Topliss-reactive ketones (excluding diaryl/α,β-unsaturated/α-hetero) is 3. The van der Waals surface area contributed by atoms with E-state index in [1.807, 2.05) is 199 Å². The summed E-state index contributed by atoms with van der Waals surface area (Å²) in [6.45, 7) is 70.0. The lowest BCUT2D eigenvalue weighted by molar-refractivity contribution is -0.123. The second-order valence-electron chi connectivity index (χ2n) is 46.8. The Morgan fingerprint density at radius 3 is 0.827 bits per heavy atom. The number of hydrogen-bond acceptors (Lipinski definition) is 26. The Balaban J connectivity index is -0.000000138. The van der Waals surface area contributed by atoms with Gasteiger partial charge in [-0.3, -0.25) is 70.1 Å². The summed E-state index contributed by atoms with van der Waals surface area (Å²) in [5.41, 5.74) is 3.43. The molecule has 12 aliphatic heterocycles. The summed E-state index contributed by atoms with van der Waals surface area (Å²) in [5, 5.41) is 25.8. The molecule has 48 heteroatoms. The van der Waals surface area contributed by atoms with Gasteiger partial charge >= 0.3 is 0 Å². The zero-order chi connectivity index (χ0) is 109. The molecule has 150 heavy (non-hydrogen) atoms. The van der Waals surface area contributed by atoms with E-state index >= 15 is 0 Å². The molecule has 0 aromatic heterocycles. The number of sulfonamides is 2. The predicted octanol–water partition coefficient (Wildman–Crippen LogP) is 14.2. The average Bonchev–Trinajstić information content (AvgIpc) is 1.60. The Morgan fingerprint density at radius 2 is 0.653 bits per heavy atom. The molecule has 0 spiro atoms. The first kappa shape index (κ1) is 168. The highest BCUT2D eigenvalue weighted by atomic mass is 32.2. The normalized spacial score (nSPS) is 23.7. The van der Waals surface area contributed by atoms with Crippen LogP contribution in [0.5, 0.6) is 0 Å². The molecule has 0 bridgehead atoms. The third-order valence-electron chi connectivity index (χ3n) is 20.0. The van der Waals surface area contributed by atoms with Crippen LogP contribution in [0, 0.1) is 65.0 Å². The van der Waals surface area contributed by atoms with E-state index in [-0.39, 0.29) is 260 Å². The Hall–Kier alpha value is -7.03. The highest BCUT2D eigenvalue weighted by Gasteiger charge is 2.46. The third kappa shape index (κ3) is 62.1. The number of allylic oxidation sites excluding steroid dienone is 7. The van der Waals surface area contributed by atoms with Crippen molar-refractivity contribution in [3.8, 4) is 0 Å². The van der Waals surface area contributed by atoms with E-state index < -0.39 is 150 Å². The van der Waals surface area contributed by atoms with Crippen LogP contribution in [-0.2, 0) is 157 Å². The summed E-state index contributed by atoms with van der Waals surface area (Å²) in [7, 11) is -21.5. The fourth-order valence-corrected chi connectivity index (χ4v) is 25.6. The monoisotopic (exact) mass is 2330 g/mol. The lowest BCUT2D eigenvalue weighted by Crippen LogP contribution is -2.40. The zero-order valence-corrected chi connectivity index (χ0v) is 95.3. The van der Waals surface area contributed by atoms with E-state index in [1.54, 1.807) is 37.7 Å². The van der Waals surface area contributed by atoms with Crippen molar-refractivity contribution in [2.45, 2.75) is 380 Å². The van der Waals surface area contributed by atoms with Crippen LogP contribution in [0.15, 0.2) is 79.7 Å². The van der Waals surface area contributed by atoms with Gasteiger partial charge in [-0.1, -0.05) is 344 Å². The van der Waals surface area contributed by atoms with Crippen molar-refractivity contribution in [2.75, 3.05) is 57.5 Å². The third-order valence-corrected chi connectivity index (χ3v) is 33.1. The van der Waals surface area contributed by atoms with Gasteiger partial charge in [0.05, 0.1) is 96.0 Å². The first-order valence-corrected chi connectivity index (χ1v) is 59.5. The molecule has 12 heterocycles. The molecule has 10 atom stereocenters. The largest absolute Gasteiger partial charge is 0.345 e. The standard InChI is InChI=1S/2C8H13NO3S.2C8H13NO2S.C8H13NO2.C8H13NO.2C7H13NO3S.3C7H13NO2S.C7H13NOS.12CH4/c2*1-8(2,3)6-4-13(11,12)5-7(10)9-6;2*1-8(2,3)6-4-12(11)5-7(10)9-6;1-8(2,3)7-5(10)4-6(11)9-7;1-8(2,3)6-4-5-7(10)9-6;1-7(2,3)6-8-5(9)4-12(6,10)11;1-7(2,3)6-5(9)4-12(10,11)8-6;1-7(2,3)6-8-5(9)4-11(6)10;1-7(2,3)6-5(9)4-11(10)8-6;1-7(2,3)6-4-5-11(9,10)8-6;1-7(2,3)6-4-5-10(9)8-6;;;;;;;;;;;;/h2*4H,5H2,1-3H3,(H,9,10);2*4H,5H2,1-3H3,(H,9,10);7H,4H2,1-3H3,(H,9,11);4H,5H2,1-3H3,(H,9,10);6H,4H2,1-3H3,(H,8,9);6,8H,4H2,1-3H3;6H,4H2,1-3H3,(H,8,9);6,8H,4H2,1-3H3;4,8H,5H2,1-3H3;4,8H,5H2,1-3H3;12*1H4. The summed E-state index contributed by atoms with van der Waals surface area (Å²) in [6.07, 6.45) is 6.31. The fraction of sp³-hybridized carbons (Fsp3) is 0.755. The van der Waals surface area contributed by atoms with Crippen LogP contribution < -0.4 is 61.4 Å². The summed E-state index contributed by atoms with van der Waals surface area (Å²) in [5.74, 6) is -2.17. The van der Waals surface area contributed by atoms with Crippen LogP contribution in [0.2, 0.25) is 0 Å². The van der Waals surface area contributed by atoms with Crippen molar-refractivity contribution in [1.29, 1.82) is 0 Å². The maximum atomic E-state index is 11.3. The average molecular weight is 2340 g/mol. The van der Waals surface area contributed by atoms with E-state index in [2.05, 4.69) is 103 Å². The molecule has 12 rings (SSSR count). The van der Waals surface area contributed by atoms with Gasteiger partial charge in [-0.05, 0) is 39.2 Å². The Bertz CT molecular complexity index is 5250. The molecule has 0 saturated carbocycles. The second kappa shape index (κ2) is 64.0. The van der Waals surface area contributed by atoms with Crippen LogP contribution in [0.1, 0.15) is 351 Å². The van der Waals surface area contributed by atoms with Gasteiger partial charge in [-0.25, -0.2) is 60.0 Å². The van der Waals surface area contributed by atoms with Gasteiger partial charge in [-0.2, -0.15) is 0 Å². The number of ketones is 3. The second-order valence-corrected chi connectivity index (χ2v) is 62.7. The predicted molar refractivity (Wildman–Crippen MR) is 626 cm³/mol. The number of nitrogens with one attached hydrogen (secondary N) is 12. The number of rotatable bonds is 0. The van der Waals surface area contributed by atoms with E-state index in [1.165, 1.54) is 0 Å². The molecule has 8 amide bonds. The van der Waals surface area contributed by atoms with Gasteiger partial charge in [0.2, 0.25) is 67.3 Å². The van der Waals surface area contributed by atoms with Crippen LogP contribution in [0.25, 0.3) is 0 Å². The molecule has 5 fully saturated rings. The summed E-state index contributed by atoms with van der Waals surface area (Å²) < 4.78 is 177. The SMILES string of the molecule is C.C.C.C.C.C.C.C.C.C.C.C.CC(C)(C)C1=CCC(=O)N1.CC(C)(C)C1=CCS(=O)(=O)N1.CC(C)(C)C1=CCS(=O)N1.CC(C)(C)C1=CS(=O)(=O)CC(=O)N1.CC(C)(C)C1=CS(=O)(=O)CC(=O)N1.CC(C)(C)C1=CS(=O)CC(=O)N1.CC(C)(C)C1=CS(=O)CC(=O)N1.CC(C)(C)C1NC(=O)CC1=O.CC(C)(C)C1NC(=O)CS1(=O)=O.CC(C)(C)C1NC(=O)CS1=O.CC(C)(C)C1NS(=O)(=O)CC1=O.CC(C)(C)C1NS(=O)CC1=O. The minimum Gasteiger partial charge on any atom is -0.345 e. The van der Waals surface area contributed by atoms with Gasteiger partial charge in [0.15, 0.2) is 46.9 Å². The van der Waals surface area contributed by atoms with Gasteiger partial charge in [0.25, 0.3) is 0 Å². The van der Waals surface area contributed by atoms with E-state index in [4.69, 9.17) is 0 Å². The quantitative estimate of drug-likeness (QED) is 0.100. The molecule has 888 valence electrons. The number of carbonyl (C=O) groups excluding carboxylic acids is 11. The van der Waals surface area contributed by atoms with Crippen molar-refractivity contribution in [2.24, 2.45) is 65.0 Å². The molecule has 12 aliphatic rings. The molecule has 0 aromatic rings. The molecule has 10 unspecified atom stereocenters. The van der Waals surface area contributed by atoms with Crippen molar-refractivity contribution < 1.29 is 116 Å². The highest BCUT2D eigenvalue weighted by Crippen LogP contribution is 2.35. The number of carbonyl (C=O) groups is 11. The number of sulfone groups is 3. The van der Waals surface area contributed by atoms with Crippen molar-refractivity contribution >= 4 is 169 Å². The molecule has 12 N–H and O–H groups in total. The summed E-state index contributed by atoms with van der Waals surface area (Å²) >= 11 is 0. The molecule has 0 radical (unpaired) electrons. The summed E-state index contributed by atoms with van der Waals surface area (Å²) in [4.78, 5) is 121. The van der Waals surface area contributed by atoms with E-state index in [0.29, 0.717) is 23.6 Å². The smallest absolute Gasteiger partial charge is 0.239 e. The van der Waals surface area contributed by atoms with Crippen LogP contribution in [0.4, 0.5) is 0 Å². The fourth-order valence-electron chi connectivity index (χ4n) is 12.4. The molecular weight excluding hydrogens is 2130 g/mol. The van der Waals surface area contributed by atoms with Gasteiger partial charge in [0.1, 0.15) is 62.0 Å². The molecule has 38 nitrogen and oxygen atoms in total. The first-order valence-electron chi connectivity index (χ1n) is 44.3. The van der Waals surface area contributed by atoms with Crippen LogP contribution in [0.3, 0.4) is 0 Å². The molecule has 0 aromatic carbocycles. The lowest BCUT2D eigenvalue weighted by Gasteiger charge is -2.25. The van der Waals surface area contributed by atoms with Crippen molar-refractivity contribution in [3.63, 3.8) is 0 Å². The Kier molecular flexibility index (Phi) is 71.7. The van der Waals surface area contributed by atoms with E-state index in [9.17, 15) is 116 Å². The zero-order valence-electron chi connectivity index (χ0n) is 87.1. The molecule has 5 saturated heterocycles. The minimum atomic E-state index is -3.34. The number of amides is 8. The molecule has 0 aliphatic carbocycles. The maximum Gasteiger partial charge on any atom is 0.239 e. The molecular formula is C102H204N12O26S10. The van der Waals surface area contributed by atoms with Crippen LogP contribution >= 0.6 is 0 Å². The van der Waals surface area contributed by atoms with Crippen molar-refractivity contribution in [1.82, 2.24) is 61.4 Å². The van der Waals surface area contributed by atoms with Crippen molar-refractivity contribution in [3.05, 3.63) is 79.7 Å². The highest BCUT2D eigenvalue weighted by molar-refractivity contribution is 7.95. The Morgan fingerprint density at radius 1 is 0.293 bits per heavy atom. The van der Waals surface area contributed by atoms with E-state index in [0.717, 1.165) is 39.3 Å². The topological polar surface area (TPSA) is 588 Å². The Labute approximate surface area is 921 Å². The lowest BCUT2D eigenvalue weighted by atomic mass is 9.85. The number of hydrogen-bond donors (Lipinski definition) is 12. The summed E-state index contributed by atoms with van der Waals surface area (Å²) in [6, 6.07) is -1.07. The van der Waals surface area contributed by atoms with Gasteiger partial charge < -0.3 is 47.3 Å². The minimum absolute atomic E-state index is 0. The van der Waals surface area contributed by atoms with Crippen LogP contribution in [-0.4, -0.2) is 214 Å². The maximum absolute atomic E-state index is 11.3.